The maximum atomic E-state index is 11.3. The third-order valence-corrected chi connectivity index (χ3v) is 3.75. The lowest BCUT2D eigenvalue weighted by molar-refractivity contribution is -0.385. The van der Waals surface area contributed by atoms with E-state index in [4.69, 9.17) is 9.47 Å². The minimum absolute atomic E-state index is 0.0850. The molecule has 0 saturated carbocycles. The van der Waals surface area contributed by atoms with Gasteiger partial charge in [0.2, 0.25) is 0 Å². The SMILES string of the molecule is COc1cccc(N(C)CC2(O)CCOCC2)c1[N+](=O)[O-]. The molecule has 116 valence electrons. The highest BCUT2D eigenvalue weighted by Gasteiger charge is 2.33. The van der Waals surface area contributed by atoms with Gasteiger partial charge in [0.05, 0.1) is 17.6 Å². The van der Waals surface area contributed by atoms with E-state index in [1.807, 2.05) is 0 Å². The van der Waals surface area contributed by atoms with Crippen molar-refractivity contribution in [2.24, 2.45) is 0 Å². The molecule has 1 aromatic carbocycles. The summed E-state index contributed by atoms with van der Waals surface area (Å²) in [5.41, 5.74) is -0.540. The van der Waals surface area contributed by atoms with Gasteiger partial charge in [0.15, 0.2) is 5.75 Å². The summed E-state index contributed by atoms with van der Waals surface area (Å²) in [6.45, 7) is 1.32. The highest BCUT2D eigenvalue weighted by molar-refractivity contribution is 5.69. The van der Waals surface area contributed by atoms with Crippen molar-refractivity contribution in [3.63, 3.8) is 0 Å². The fourth-order valence-corrected chi connectivity index (χ4v) is 2.60. The Morgan fingerprint density at radius 2 is 2.14 bits per heavy atom. The van der Waals surface area contributed by atoms with Crippen LogP contribution in [0.1, 0.15) is 12.8 Å². The van der Waals surface area contributed by atoms with E-state index < -0.39 is 10.5 Å². The van der Waals surface area contributed by atoms with Crippen LogP contribution in [0.3, 0.4) is 0 Å². The Labute approximate surface area is 123 Å². The van der Waals surface area contributed by atoms with Crippen LogP contribution in [0.25, 0.3) is 0 Å². The zero-order valence-corrected chi connectivity index (χ0v) is 12.2. The first-order chi connectivity index (χ1) is 9.97. The van der Waals surface area contributed by atoms with E-state index in [-0.39, 0.29) is 11.4 Å². The molecule has 7 heteroatoms. The molecule has 1 aliphatic rings. The first kappa shape index (κ1) is 15.5. The zero-order chi connectivity index (χ0) is 15.5. The van der Waals surface area contributed by atoms with E-state index in [0.717, 1.165) is 0 Å². The number of nitrogens with zero attached hydrogens (tertiary/aromatic N) is 2. The molecule has 1 aromatic rings. The lowest BCUT2D eigenvalue weighted by atomic mass is 9.93. The van der Waals surface area contributed by atoms with Gasteiger partial charge in [0.1, 0.15) is 5.69 Å². The number of hydrogen-bond donors (Lipinski definition) is 1. The summed E-state index contributed by atoms with van der Waals surface area (Å²) in [6.07, 6.45) is 1.05. The molecule has 0 bridgehead atoms. The predicted molar refractivity (Wildman–Crippen MR) is 77.9 cm³/mol. The number of benzene rings is 1. The third kappa shape index (κ3) is 3.43. The summed E-state index contributed by atoms with van der Waals surface area (Å²) in [7, 11) is 3.13. The first-order valence-corrected chi connectivity index (χ1v) is 6.79. The van der Waals surface area contributed by atoms with Crippen molar-refractivity contribution >= 4 is 11.4 Å². The fourth-order valence-electron chi connectivity index (χ4n) is 2.60. The zero-order valence-electron chi connectivity index (χ0n) is 12.2. The summed E-state index contributed by atoms with van der Waals surface area (Å²) in [6, 6.07) is 4.91. The van der Waals surface area contributed by atoms with Gasteiger partial charge < -0.3 is 19.5 Å². The van der Waals surface area contributed by atoms with E-state index in [1.54, 1.807) is 30.1 Å². The number of rotatable bonds is 5. The third-order valence-electron chi connectivity index (χ3n) is 3.75. The fraction of sp³-hybridized carbons (Fsp3) is 0.571. The maximum Gasteiger partial charge on any atom is 0.333 e. The molecule has 0 aliphatic carbocycles. The number of para-hydroxylation sites is 1. The number of hydrogen-bond acceptors (Lipinski definition) is 6. The van der Waals surface area contributed by atoms with Gasteiger partial charge in [-0.25, -0.2) is 0 Å². The van der Waals surface area contributed by atoms with Crippen molar-refractivity contribution in [3.8, 4) is 5.75 Å². The molecular weight excluding hydrogens is 276 g/mol. The van der Waals surface area contributed by atoms with E-state index >= 15 is 0 Å². The molecule has 0 spiro atoms. The molecule has 7 nitrogen and oxygen atoms in total. The Balaban J connectivity index is 2.26. The smallest absolute Gasteiger partial charge is 0.333 e. The van der Waals surface area contributed by atoms with Gasteiger partial charge in [0, 0.05) is 39.6 Å². The van der Waals surface area contributed by atoms with Crippen LogP contribution in [0.2, 0.25) is 0 Å². The first-order valence-electron chi connectivity index (χ1n) is 6.79. The van der Waals surface area contributed by atoms with Gasteiger partial charge in [-0.1, -0.05) is 6.07 Å². The predicted octanol–water partition coefficient (Wildman–Crippen LogP) is 1.58. The van der Waals surface area contributed by atoms with Crippen LogP contribution in [0, 0.1) is 10.1 Å². The van der Waals surface area contributed by atoms with Crippen LogP contribution in [-0.4, -0.2) is 49.5 Å². The van der Waals surface area contributed by atoms with Crippen LogP contribution < -0.4 is 9.64 Å². The molecule has 1 heterocycles. The molecule has 0 amide bonds. The van der Waals surface area contributed by atoms with Crippen LogP contribution in [0.15, 0.2) is 18.2 Å². The Morgan fingerprint density at radius 1 is 1.48 bits per heavy atom. The normalized spacial score (nSPS) is 17.3. The summed E-state index contributed by atoms with van der Waals surface area (Å²) < 4.78 is 10.3. The van der Waals surface area contributed by atoms with Crippen LogP contribution in [0.4, 0.5) is 11.4 Å². The number of aliphatic hydroxyl groups is 1. The minimum atomic E-state index is -0.885. The number of anilines is 1. The molecule has 21 heavy (non-hydrogen) atoms. The monoisotopic (exact) mass is 296 g/mol. The second-order valence-corrected chi connectivity index (χ2v) is 5.28. The molecule has 0 radical (unpaired) electrons. The average Bonchev–Trinajstić information content (AvgIpc) is 2.46. The Bertz CT molecular complexity index is 514. The van der Waals surface area contributed by atoms with Crippen molar-refractivity contribution in [3.05, 3.63) is 28.3 Å². The Kier molecular flexibility index (Phi) is 4.64. The molecule has 1 saturated heterocycles. The summed E-state index contributed by atoms with van der Waals surface area (Å²) in [4.78, 5) is 12.5. The van der Waals surface area contributed by atoms with Crippen molar-refractivity contribution in [2.45, 2.75) is 18.4 Å². The van der Waals surface area contributed by atoms with Crippen LogP contribution in [0.5, 0.6) is 5.75 Å². The number of likely N-dealkylation sites (N-methyl/N-ethyl adjacent to an activating group) is 1. The topological polar surface area (TPSA) is 85.1 Å². The van der Waals surface area contributed by atoms with Crippen LogP contribution in [-0.2, 0) is 4.74 Å². The highest BCUT2D eigenvalue weighted by atomic mass is 16.6. The van der Waals surface area contributed by atoms with E-state index in [0.29, 0.717) is 38.3 Å². The Morgan fingerprint density at radius 3 is 2.71 bits per heavy atom. The number of nitro benzene ring substituents is 1. The lowest BCUT2D eigenvalue weighted by Crippen LogP contribution is -2.45. The van der Waals surface area contributed by atoms with Gasteiger partial charge in [-0.15, -0.1) is 0 Å². The molecule has 2 rings (SSSR count). The summed E-state index contributed by atoms with van der Waals surface area (Å²) in [5, 5.41) is 21.8. The van der Waals surface area contributed by atoms with E-state index in [2.05, 4.69) is 0 Å². The van der Waals surface area contributed by atoms with Crippen molar-refractivity contribution in [2.75, 3.05) is 38.8 Å². The van der Waals surface area contributed by atoms with Crippen molar-refractivity contribution in [1.82, 2.24) is 0 Å². The van der Waals surface area contributed by atoms with Gasteiger partial charge in [-0.3, -0.25) is 10.1 Å². The van der Waals surface area contributed by atoms with Gasteiger partial charge >= 0.3 is 5.69 Å². The number of nitro groups is 1. The lowest BCUT2D eigenvalue weighted by Gasteiger charge is -2.36. The highest BCUT2D eigenvalue weighted by Crippen LogP contribution is 2.37. The second-order valence-electron chi connectivity index (χ2n) is 5.28. The summed E-state index contributed by atoms with van der Waals surface area (Å²) >= 11 is 0. The molecule has 1 N–H and O–H groups in total. The maximum absolute atomic E-state index is 11.3. The molecule has 0 unspecified atom stereocenters. The van der Waals surface area contributed by atoms with E-state index in [1.165, 1.54) is 7.11 Å². The quantitative estimate of drug-likeness (QED) is 0.656. The average molecular weight is 296 g/mol. The standard InChI is InChI=1S/C14H20N2O5/c1-15(10-14(17)6-8-21-9-7-14)11-4-3-5-12(20-2)13(11)16(18)19/h3-5,17H,6-10H2,1-2H3. The number of methoxy groups -OCH3 is 1. The summed E-state index contributed by atoms with van der Waals surface area (Å²) in [5.74, 6) is 0.211. The van der Waals surface area contributed by atoms with Gasteiger partial charge in [0.25, 0.3) is 0 Å². The molecule has 1 aliphatic heterocycles. The van der Waals surface area contributed by atoms with Crippen LogP contribution >= 0.6 is 0 Å². The molecule has 0 aromatic heterocycles. The largest absolute Gasteiger partial charge is 0.490 e. The van der Waals surface area contributed by atoms with E-state index in [9.17, 15) is 15.2 Å². The minimum Gasteiger partial charge on any atom is -0.490 e. The van der Waals surface area contributed by atoms with Crippen molar-refractivity contribution in [1.29, 1.82) is 0 Å². The second kappa shape index (κ2) is 6.28. The Hall–Kier alpha value is -1.86. The molecular formula is C14H20N2O5. The van der Waals surface area contributed by atoms with Gasteiger partial charge in [-0.05, 0) is 12.1 Å². The molecule has 0 atom stereocenters. The van der Waals surface area contributed by atoms with Gasteiger partial charge in [-0.2, -0.15) is 0 Å². The number of ether oxygens (including phenoxy) is 2. The molecule has 1 fully saturated rings. The van der Waals surface area contributed by atoms with Crippen molar-refractivity contribution < 1.29 is 19.5 Å².